The van der Waals surface area contributed by atoms with E-state index in [2.05, 4.69) is 0 Å². The van der Waals surface area contributed by atoms with Gasteiger partial charge in [-0.2, -0.15) is 0 Å². The monoisotopic (exact) mass is 396 g/mol. The smallest absolute Gasteiger partial charge is 0.324 e. The molecular formula is C23H24O6. The second-order valence-electron chi connectivity index (χ2n) is 6.22. The van der Waals surface area contributed by atoms with E-state index in [1.54, 1.807) is 32.2 Å². The maximum atomic E-state index is 12.3. The molecule has 6 nitrogen and oxygen atoms in total. The molecule has 0 aliphatic heterocycles. The Hall–Kier alpha value is -3.41. The molecule has 0 saturated heterocycles. The van der Waals surface area contributed by atoms with Crippen LogP contribution in [0, 0.1) is 5.92 Å². The number of rotatable bonds is 10. The molecule has 0 radical (unpaired) electrons. The van der Waals surface area contributed by atoms with Gasteiger partial charge in [-0.25, -0.2) is 0 Å². The number of esters is 1. The lowest BCUT2D eigenvalue weighted by atomic mass is 9.99. The molecule has 0 spiro atoms. The summed E-state index contributed by atoms with van der Waals surface area (Å²) in [5.41, 5.74) is 1.66. The first-order chi connectivity index (χ1) is 14.0. The maximum absolute atomic E-state index is 12.3. The number of methoxy groups -OCH3 is 1. The molecule has 2 aromatic carbocycles. The summed E-state index contributed by atoms with van der Waals surface area (Å²) in [6, 6.07) is 14.9. The van der Waals surface area contributed by atoms with Crippen molar-refractivity contribution in [3.8, 4) is 11.5 Å². The van der Waals surface area contributed by atoms with Crippen molar-refractivity contribution in [2.24, 2.45) is 5.92 Å². The predicted octanol–water partition coefficient (Wildman–Crippen LogP) is 3.62. The third-order valence-electron chi connectivity index (χ3n) is 4.08. The van der Waals surface area contributed by atoms with Crippen molar-refractivity contribution in [2.45, 2.75) is 20.5 Å². The Kier molecular flexibility index (Phi) is 8.15. The molecule has 6 heteroatoms. The van der Waals surface area contributed by atoms with Crippen LogP contribution in [0.15, 0.2) is 54.6 Å². The lowest BCUT2D eigenvalue weighted by Crippen LogP contribution is -2.30. The Morgan fingerprint density at radius 3 is 2.38 bits per heavy atom. The molecular weight excluding hydrogens is 372 g/mol. The standard InChI is InChI=1S/C23H24O6/c1-4-28-23(26)22(16(2)24)19(25)12-10-17-11-13-20(27-3)21(14-17)29-15-18-8-6-5-7-9-18/h5-14,22H,4,15H2,1-3H3/b12-10+. The first kappa shape index (κ1) is 21.9. The second-order valence-corrected chi connectivity index (χ2v) is 6.22. The largest absolute Gasteiger partial charge is 0.493 e. The van der Waals surface area contributed by atoms with Crippen LogP contribution in [0.25, 0.3) is 6.08 Å². The van der Waals surface area contributed by atoms with Gasteiger partial charge in [0.25, 0.3) is 0 Å². The second kappa shape index (κ2) is 10.8. The highest BCUT2D eigenvalue weighted by molar-refractivity contribution is 6.20. The molecule has 0 N–H and O–H groups in total. The van der Waals surface area contributed by atoms with Crippen molar-refractivity contribution in [1.82, 2.24) is 0 Å². The lowest BCUT2D eigenvalue weighted by Gasteiger charge is -2.12. The summed E-state index contributed by atoms with van der Waals surface area (Å²) in [6.07, 6.45) is 2.72. The number of carbonyl (C=O) groups is 3. The van der Waals surface area contributed by atoms with Crippen LogP contribution in [-0.2, 0) is 25.7 Å². The quantitative estimate of drug-likeness (QED) is 0.347. The highest BCUT2D eigenvalue weighted by Gasteiger charge is 2.30. The zero-order chi connectivity index (χ0) is 21.2. The van der Waals surface area contributed by atoms with Gasteiger partial charge in [0.2, 0.25) is 0 Å². The molecule has 152 valence electrons. The van der Waals surface area contributed by atoms with Crippen LogP contribution in [0.3, 0.4) is 0 Å². The molecule has 0 fully saturated rings. The predicted molar refractivity (Wildman–Crippen MR) is 109 cm³/mol. The average Bonchev–Trinajstić information content (AvgIpc) is 2.71. The summed E-state index contributed by atoms with van der Waals surface area (Å²) < 4.78 is 16.0. The van der Waals surface area contributed by atoms with E-state index in [4.69, 9.17) is 14.2 Å². The van der Waals surface area contributed by atoms with E-state index in [1.807, 2.05) is 30.3 Å². The number of Topliss-reactive ketones (excluding diaryl/α,β-unsaturated/α-hetero) is 1. The topological polar surface area (TPSA) is 78.9 Å². The van der Waals surface area contributed by atoms with Crippen LogP contribution in [0.5, 0.6) is 11.5 Å². The third kappa shape index (κ3) is 6.31. The molecule has 0 heterocycles. The minimum Gasteiger partial charge on any atom is -0.493 e. The summed E-state index contributed by atoms with van der Waals surface area (Å²) >= 11 is 0. The van der Waals surface area contributed by atoms with Crippen LogP contribution in [-0.4, -0.2) is 31.3 Å². The number of hydrogen-bond donors (Lipinski definition) is 0. The Morgan fingerprint density at radius 2 is 1.76 bits per heavy atom. The summed E-state index contributed by atoms with van der Waals surface area (Å²) in [6.45, 7) is 3.26. The molecule has 0 amide bonds. The third-order valence-corrected chi connectivity index (χ3v) is 4.08. The highest BCUT2D eigenvalue weighted by atomic mass is 16.5. The molecule has 29 heavy (non-hydrogen) atoms. The first-order valence-corrected chi connectivity index (χ1v) is 9.20. The van der Waals surface area contributed by atoms with E-state index >= 15 is 0 Å². The number of hydrogen-bond acceptors (Lipinski definition) is 6. The van der Waals surface area contributed by atoms with Crippen molar-refractivity contribution in [3.05, 3.63) is 65.7 Å². The number of ketones is 2. The molecule has 1 unspecified atom stereocenters. The molecule has 2 aromatic rings. The summed E-state index contributed by atoms with van der Waals surface area (Å²) in [7, 11) is 1.54. The van der Waals surface area contributed by atoms with Crippen LogP contribution < -0.4 is 9.47 Å². The van der Waals surface area contributed by atoms with E-state index in [-0.39, 0.29) is 6.61 Å². The molecule has 1 atom stereocenters. The summed E-state index contributed by atoms with van der Waals surface area (Å²) in [4.78, 5) is 35.9. The van der Waals surface area contributed by atoms with Gasteiger partial charge in [-0.15, -0.1) is 0 Å². The van der Waals surface area contributed by atoms with E-state index in [0.29, 0.717) is 23.7 Å². The normalized spacial score (nSPS) is 11.7. The number of carbonyl (C=O) groups excluding carboxylic acids is 3. The van der Waals surface area contributed by atoms with E-state index in [1.165, 1.54) is 19.1 Å². The van der Waals surface area contributed by atoms with Gasteiger partial charge in [0.15, 0.2) is 29.0 Å². The maximum Gasteiger partial charge on any atom is 0.324 e. The van der Waals surface area contributed by atoms with Gasteiger partial charge in [0.1, 0.15) is 6.61 Å². The minimum atomic E-state index is -1.45. The molecule has 0 saturated carbocycles. The average molecular weight is 396 g/mol. The fourth-order valence-corrected chi connectivity index (χ4v) is 2.63. The molecule has 0 bridgehead atoms. The minimum absolute atomic E-state index is 0.0974. The zero-order valence-corrected chi connectivity index (χ0v) is 16.7. The van der Waals surface area contributed by atoms with Crippen LogP contribution in [0.2, 0.25) is 0 Å². The number of benzene rings is 2. The van der Waals surface area contributed by atoms with Crippen molar-refractivity contribution >= 4 is 23.6 Å². The van der Waals surface area contributed by atoms with Crippen LogP contribution >= 0.6 is 0 Å². The van der Waals surface area contributed by atoms with Gasteiger partial charge in [0, 0.05) is 0 Å². The lowest BCUT2D eigenvalue weighted by molar-refractivity contribution is -0.153. The molecule has 0 aliphatic rings. The van der Waals surface area contributed by atoms with Gasteiger partial charge in [-0.05, 0) is 43.2 Å². The SMILES string of the molecule is CCOC(=O)C(C(C)=O)C(=O)/C=C/c1ccc(OC)c(OCc2ccccc2)c1. The van der Waals surface area contributed by atoms with Gasteiger partial charge < -0.3 is 14.2 Å². The van der Waals surface area contributed by atoms with Gasteiger partial charge in [-0.1, -0.05) is 42.5 Å². The van der Waals surface area contributed by atoms with E-state index < -0.39 is 23.5 Å². The van der Waals surface area contributed by atoms with Gasteiger partial charge >= 0.3 is 5.97 Å². The van der Waals surface area contributed by atoms with Crippen LogP contribution in [0.1, 0.15) is 25.0 Å². The van der Waals surface area contributed by atoms with Crippen molar-refractivity contribution in [1.29, 1.82) is 0 Å². The number of ether oxygens (including phenoxy) is 3. The Morgan fingerprint density at radius 1 is 1.03 bits per heavy atom. The van der Waals surface area contributed by atoms with Crippen LogP contribution in [0.4, 0.5) is 0 Å². The van der Waals surface area contributed by atoms with Crippen molar-refractivity contribution in [2.75, 3.05) is 13.7 Å². The van der Waals surface area contributed by atoms with Crippen molar-refractivity contribution in [3.63, 3.8) is 0 Å². The summed E-state index contributed by atoms with van der Waals surface area (Å²) in [5, 5.41) is 0. The fourth-order valence-electron chi connectivity index (χ4n) is 2.63. The van der Waals surface area contributed by atoms with Gasteiger partial charge in [-0.3, -0.25) is 14.4 Å². The summed E-state index contributed by atoms with van der Waals surface area (Å²) in [5.74, 6) is -2.40. The highest BCUT2D eigenvalue weighted by Crippen LogP contribution is 2.29. The van der Waals surface area contributed by atoms with E-state index in [9.17, 15) is 14.4 Å². The van der Waals surface area contributed by atoms with E-state index in [0.717, 1.165) is 5.56 Å². The molecule has 0 aliphatic carbocycles. The van der Waals surface area contributed by atoms with Crippen molar-refractivity contribution < 1.29 is 28.6 Å². The Balaban J connectivity index is 2.16. The van der Waals surface area contributed by atoms with Gasteiger partial charge in [0.05, 0.1) is 13.7 Å². The first-order valence-electron chi connectivity index (χ1n) is 9.20. The fraction of sp³-hybridized carbons (Fsp3) is 0.261. The Labute approximate surface area is 170 Å². The zero-order valence-electron chi connectivity index (χ0n) is 16.7. The molecule has 2 rings (SSSR count). The Bertz CT molecular complexity index is 885. The number of allylic oxidation sites excluding steroid dienone is 1. The molecule has 0 aromatic heterocycles.